The molecule has 1 aromatic rings. The van der Waals surface area contributed by atoms with E-state index in [0.29, 0.717) is 5.92 Å². The lowest BCUT2D eigenvalue weighted by Crippen LogP contribution is -2.17. The van der Waals surface area contributed by atoms with Gasteiger partial charge >= 0.3 is 0 Å². The zero-order valence-corrected chi connectivity index (χ0v) is 9.52. The van der Waals surface area contributed by atoms with Gasteiger partial charge in [0.25, 0.3) is 0 Å². The lowest BCUT2D eigenvalue weighted by molar-refractivity contribution is 0.0806. The second-order valence-electron chi connectivity index (χ2n) is 4.02. The van der Waals surface area contributed by atoms with Crippen LogP contribution in [-0.4, -0.2) is 24.9 Å². The maximum Gasteiger partial charge on any atom is 0.0546 e. The summed E-state index contributed by atoms with van der Waals surface area (Å²) in [7, 11) is 1.71. The highest BCUT2D eigenvalue weighted by atomic mass is 16.5. The molecule has 1 aromatic carbocycles. The Morgan fingerprint density at radius 2 is 1.93 bits per heavy atom. The monoisotopic (exact) mass is 208 g/mol. The van der Waals surface area contributed by atoms with E-state index in [4.69, 9.17) is 4.74 Å². The Morgan fingerprint density at radius 1 is 1.27 bits per heavy atom. The molecule has 2 atom stereocenters. The lowest BCUT2D eigenvalue weighted by atomic mass is 9.95. The fraction of sp³-hybridized carbons (Fsp3) is 0.538. The first-order valence-corrected chi connectivity index (χ1v) is 5.43. The first-order chi connectivity index (χ1) is 7.26. The quantitative estimate of drug-likeness (QED) is 0.777. The van der Waals surface area contributed by atoms with Crippen LogP contribution in [0.4, 0.5) is 0 Å². The molecule has 15 heavy (non-hydrogen) atoms. The third-order valence-electron chi connectivity index (χ3n) is 2.69. The molecule has 0 spiro atoms. The smallest absolute Gasteiger partial charge is 0.0546 e. The van der Waals surface area contributed by atoms with Crippen molar-refractivity contribution >= 4 is 0 Å². The van der Waals surface area contributed by atoms with Crippen molar-refractivity contribution in [2.24, 2.45) is 5.92 Å². The van der Waals surface area contributed by atoms with E-state index in [1.54, 1.807) is 7.11 Å². The summed E-state index contributed by atoms with van der Waals surface area (Å²) in [5.74, 6) is 0.294. The standard InChI is InChI=1S/C13H20O2/c1-11(15-2)8-13(10-14)9-12-6-4-3-5-7-12/h3-7,11,13-14H,8-10H2,1-2H3. The lowest BCUT2D eigenvalue weighted by Gasteiger charge is -2.18. The van der Waals surface area contributed by atoms with Crippen molar-refractivity contribution in [2.75, 3.05) is 13.7 Å². The SMILES string of the molecule is COC(C)CC(CO)Cc1ccccc1. The van der Waals surface area contributed by atoms with Crippen molar-refractivity contribution in [1.82, 2.24) is 0 Å². The number of aliphatic hydroxyl groups excluding tert-OH is 1. The van der Waals surface area contributed by atoms with Gasteiger partial charge in [-0.15, -0.1) is 0 Å². The van der Waals surface area contributed by atoms with Crippen LogP contribution in [0.5, 0.6) is 0 Å². The van der Waals surface area contributed by atoms with E-state index >= 15 is 0 Å². The summed E-state index contributed by atoms with van der Waals surface area (Å²) in [4.78, 5) is 0. The molecule has 0 saturated heterocycles. The number of hydrogen-bond donors (Lipinski definition) is 1. The highest BCUT2D eigenvalue weighted by Crippen LogP contribution is 2.14. The molecule has 0 heterocycles. The van der Waals surface area contributed by atoms with E-state index in [0.717, 1.165) is 12.8 Å². The molecule has 0 aliphatic rings. The zero-order valence-electron chi connectivity index (χ0n) is 9.52. The largest absolute Gasteiger partial charge is 0.396 e. The van der Waals surface area contributed by atoms with Crippen LogP contribution in [0.15, 0.2) is 30.3 Å². The summed E-state index contributed by atoms with van der Waals surface area (Å²) < 4.78 is 5.21. The highest BCUT2D eigenvalue weighted by molar-refractivity contribution is 5.15. The van der Waals surface area contributed by atoms with Crippen molar-refractivity contribution in [1.29, 1.82) is 0 Å². The molecule has 2 unspecified atom stereocenters. The molecular formula is C13H20O2. The van der Waals surface area contributed by atoms with Gasteiger partial charge in [0.2, 0.25) is 0 Å². The normalized spacial score (nSPS) is 14.9. The number of rotatable bonds is 6. The van der Waals surface area contributed by atoms with Crippen LogP contribution < -0.4 is 0 Å². The number of hydrogen-bond acceptors (Lipinski definition) is 2. The van der Waals surface area contributed by atoms with Gasteiger partial charge in [0.15, 0.2) is 0 Å². The van der Waals surface area contributed by atoms with Gasteiger partial charge in [-0.2, -0.15) is 0 Å². The van der Waals surface area contributed by atoms with Gasteiger partial charge in [-0.1, -0.05) is 30.3 Å². The van der Waals surface area contributed by atoms with Crippen molar-refractivity contribution in [3.8, 4) is 0 Å². The Labute approximate surface area is 91.9 Å². The van der Waals surface area contributed by atoms with Crippen molar-refractivity contribution < 1.29 is 9.84 Å². The van der Waals surface area contributed by atoms with E-state index in [-0.39, 0.29) is 12.7 Å². The van der Waals surface area contributed by atoms with Gasteiger partial charge in [0, 0.05) is 13.7 Å². The molecule has 0 radical (unpaired) electrons. The minimum absolute atomic E-state index is 0.214. The minimum Gasteiger partial charge on any atom is -0.396 e. The van der Waals surface area contributed by atoms with Crippen molar-refractivity contribution in [3.63, 3.8) is 0 Å². The second-order valence-corrected chi connectivity index (χ2v) is 4.02. The summed E-state index contributed by atoms with van der Waals surface area (Å²) in [5.41, 5.74) is 1.28. The molecular weight excluding hydrogens is 188 g/mol. The van der Waals surface area contributed by atoms with Crippen LogP contribution in [0.3, 0.4) is 0 Å². The van der Waals surface area contributed by atoms with E-state index in [2.05, 4.69) is 12.1 Å². The van der Waals surface area contributed by atoms with Gasteiger partial charge < -0.3 is 9.84 Å². The average molecular weight is 208 g/mol. The van der Waals surface area contributed by atoms with Gasteiger partial charge in [-0.05, 0) is 31.2 Å². The van der Waals surface area contributed by atoms with Crippen LogP contribution in [0.1, 0.15) is 18.9 Å². The van der Waals surface area contributed by atoms with Crippen LogP contribution in [0, 0.1) is 5.92 Å². The molecule has 2 nitrogen and oxygen atoms in total. The summed E-state index contributed by atoms with van der Waals surface area (Å²) in [6, 6.07) is 10.3. The third-order valence-corrected chi connectivity index (χ3v) is 2.69. The predicted octanol–water partition coefficient (Wildman–Crippen LogP) is 2.26. The Kier molecular flexibility index (Phi) is 5.37. The number of aliphatic hydroxyl groups is 1. The molecule has 0 aliphatic heterocycles. The maximum atomic E-state index is 9.28. The molecule has 1 N–H and O–H groups in total. The zero-order chi connectivity index (χ0) is 11.1. The second kappa shape index (κ2) is 6.59. The van der Waals surface area contributed by atoms with Gasteiger partial charge in [-0.25, -0.2) is 0 Å². The van der Waals surface area contributed by atoms with Gasteiger partial charge in [0.1, 0.15) is 0 Å². The molecule has 0 aromatic heterocycles. The van der Waals surface area contributed by atoms with E-state index in [1.165, 1.54) is 5.56 Å². The van der Waals surface area contributed by atoms with Gasteiger partial charge in [0.05, 0.1) is 6.10 Å². The average Bonchev–Trinajstić information content (AvgIpc) is 2.29. The topological polar surface area (TPSA) is 29.5 Å². The van der Waals surface area contributed by atoms with Crippen LogP contribution >= 0.6 is 0 Å². The third kappa shape index (κ3) is 4.45. The number of ether oxygens (including phenoxy) is 1. The molecule has 84 valence electrons. The highest BCUT2D eigenvalue weighted by Gasteiger charge is 2.12. The molecule has 1 rings (SSSR count). The Hall–Kier alpha value is -0.860. The van der Waals surface area contributed by atoms with Crippen LogP contribution in [0.25, 0.3) is 0 Å². The number of methoxy groups -OCH3 is 1. The fourth-order valence-electron chi connectivity index (χ4n) is 1.74. The van der Waals surface area contributed by atoms with E-state index < -0.39 is 0 Å². The predicted molar refractivity (Wildman–Crippen MR) is 61.8 cm³/mol. The molecule has 0 aliphatic carbocycles. The fourth-order valence-corrected chi connectivity index (χ4v) is 1.74. The first kappa shape index (κ1) is 12.2. The molecule has 0 saturated carbocycles. The Balaban J connectivity index is 2.47. The van der Waals surface area contributed by atoms with Crippen molar-refractivity contribution in [3.05, 3.63) is 35.9 Å². The summed E-state index contributed by atoms with van der Waals surface area (Å²) >= 11 is 0. The molecule has 0 bridgehead atoms. The molecule has 2 heteroatoms. The summed E-state index contributed by atoms with van der Waals surface area (Å²) in [5, 5.41) is 9.28. The summed E-state index contributed by atoms with van der Waals surface area (Å²) in [6.45, 7) is 2.26. The number of benzene rings is 1. The van der Waals surface area contributed by atoms with Crippen LogP contribution in [-0.2, 0) is 11.2 Å². The molecule has 0 fully saturated rings. The minimum atomic E-state index is 0.214. The van der Waals surface area contributed by atoms with E-state index in [1.807, 2.05) is 25.1 Å². The van der Waals surface area contributed by atoms with Crippen LogP contribution in [0.2, 0.25) is 0 Å². The summed E-state index contributed by atoms with van der Waals surface area (Å²) in [6.07, 6.45) is 2.04. The van der Waals surface area contributed by atoms with Crippen molar-refractivity contribution in [2.45, 2.75) is 25.9 Å². The Bertz CT molecular complexity index is 258. The maximum absolute atomic E-state index is 9.28. The Morgan fingerprint density at radius 3 is 2.47 bits per heavy atom. The molecule has 0 amide bonds. The van der Waals surface area contributed by atoms with E-state index in [9.17, 15) is 5.11 Å². The first-order valence-electron chi connectivity index (χ1n) is 5.43. The van der Waals surface area contributed by atoms with Gasteiger partial charge in [-0.3, -0.25) is 0 Å².